The van der Waals surface area contributed by atoms with Gasteiger partial charge in [0.25, 0.3) is 6.33 Å². The standard InChI is InChI=1S/C25H11N2O2.C11H8N.Ir/c1-2-5-14(6-3-1)26-13-27-15-7-4-8-17-21(15)22-18(28-17)11-12-19-23(22)24-20(29-19)10-9-16(26)25(24)27;1-2-6-10(7-3-1)11-8-4-5-9-12-11;/h1-6,8-12H;1-6,8-9H;/q2*-1;+3. The Balaban J connectivity index is 0.000000174. The molecule has 5 heterocycles. The normalized spacial score (nSPS) is 11.6. The molecule has 0 aliphatic rings. The molecule has 5 aromatic carbocycles. The fraction of sp³-hybridized carbons (Fsp3) is 0. The summed E-state index contributed by atoms with van der Waals surface area (Å²) in [6, 6.07) is 42.6. The van der Waals surface area contributed by atoms with Crippen LogP contribution in [0.4, 0.5) is 0 Å². The van der Waals surface area contributed by atoms with E-state index in [1.165, 1.54) is 0 Å². The maximum atomic E-state index is 6.24. The number of imidazole rings is 1. The first-order valence-corrected chi connectivity index (χ1v) is 13.4. The van der Waals surface area contributed by atoms with E-state index >= 15 is 0 Å². The van der Waals surface area contributed by atoms with Crippen LogP contribution in [0.5, 0.6) is 0 Å². The van der Waals surface area contributed by atoms with Crippen molar-refractivity contribution in [2.75, 3.05) is 0 Å². The Morgan fingerprint density at radius 1 is 0.619 bits per heavy atom. The van der Waals surface area contributed by atoms with Crippen LogP contribution in [-0.2, 0) is 20.1 Å². The number of nitrogens with zero attached hydrogens (tertiary/aromatic N) is 3. The summed E-state index contributed by atoms with van der Waals surface area (Å²) in [4.78, 5) is 4.22. The first-order chi connectivity index (χ1) is 20.3. The summed E-state index contributed by atoms with van der Waals surface area (Å²) in [6.07, 6.45) is 5.36. The van der Waals surface area contributed by atoms with E-state index in [9.17, 15) is 0 Å². The maximum absolute atomic E-state index is 6.24. The number of para-hydroxylation sites is 1. The predicted molar refractivity (Wildman–Crippen MR) is 160 cm³/mol. The van der Waals surface area contributed by atoms with Gasteiger partial charge in [-0.2, -0.15) is 12.1 Å². The van der Waals surface area contributed by atoms with Crippen molar-refractivity contribution in [3.05, 3.63) is 134 Å². The van der Waals surface area contributed by atoms with Gasteiger partial charge in [0.15, 0.2) is 0 Å². The van der Waals surface area contributed by atoms with Gasteiger partial charge in [0.2, 0.25) is 0 Å². The van der Waals surface area contributed by atoms with Crippen LogP contribution in [0.25, 0.3) is 77.4 Å². The first-order valence-electron chi connectivity index (χ1n) is 13.4. The van der Waals surface area contributed by atoms with Crippen molar-refractivity contribution >= 4 is 60.4 Å². The molecule has 0 aliphatic heterocycles. The Morgan fingerprint density at radius 2 is 1.33 bits per heavy atom. The average molecular weight is 718 g/mol. The van der Waals surface area contributed by atoms with Crippen molar-refractivity contribution in [1.29, 1.82) is 0 Å². The van der Waals surface area contributed by atoms with Gasteiger partial charge in [-0.1, -0.05) is 35.7 Å². The van der Waals surface area contributed by atoms with Crippen LogP contribution < -0.4 is 4.57 Å². The number of furan rings is 2. The van der Waals surface area contributed by atoms with Crippen molar-refractivity contribution in [2.24, 2.45) is 0 Å². The van der Waals surface area contributed by atoms with Gasteiger partial charge in [0.1, 0.15) is 16.7 Å². The second-order valence-electron chi connectivity index (χ2n) is 9.99. The number of hydrogen-bond donors (Lipinski definition) is 0. The van der Waals surface area contributed by atoms with Crippen molar-refractivity contribution < 1.29 is 33.5 Å². The van der Waals surface area contributed by atoms with Crippen LogP contribution in [0, 0.1) is 18.5 Å². The second kappa shape index (κ2) is 9.52. The minimum absolute atomic E-state index is 0. The topological polar surface area (TPSA) is 47.5 Å². The molecule has 0 saturated carbocycles. The van der Waals surface area contributed by atoms with Gasteiger partial charge in [-0.05, 0) is 59.1 Å². The molecule has 0 atom stereocenters. The molecule has 198 valence electrons. The van der Waals surface area contributed by atoms with E-state index in [1.807, 2.05) is 84.9 Å². The van der Waals surface area contributed by atoms with Gasteiger partial charge in [-0.25, -0.2) is 0 Å². The van der Waals surface area contributed by atoms with Crippen molar-refractivity contribution in [3.8, 4) is 16.9 Å². The molecule has 10 aromatic rings. The molecule has 5 aromatic heterocycles. The van der Waals surface area contributed by atoms with E-state index in [4.69, 9.17) is 8.83 Å². The molecule has 5 nitrogen and oxygen atoms in total. The molecule has 0 N–H and O–H groups in total. The van der Waals surface area contributed by atoms with Crippen LogP contribution in [-0.4, -0.2) is 9.38 Å². The SMILES string of the molecule is [Ir+3].[c-]1ccc2oc3ccc4oc5ccc6c7c5c4c3c2c1n7[c-][n+]6-c1ccccc1.[c-]1ccccc1-c1ccccn1. The number of pyridine rings is 1. The van der Waals surface area contributed by atoms with E-state index in [1.54, 1.807) is 6.20 Å². The summed E-state index contributed by atoms with van der Waals surface area (Å²) >= 11 is 0. The van der Waals surface area contributed by atoms with E-state index in [0.717, 1.165) is 77.4 Å². The van der Waals surface area contributed by atoms with Crippen molar-refractivity contribution in [3.63, 3.8) is 0 Å². The summed E-state index contributed by atoms with van der Waals surface area (Å²) in [5.74, 6) is 0. The summed E-state index contributed by atoms with van der Waals surface area (Å²) < 4.78 is 16.6. The van der Waals surface area contributed by atoms with Gasteiger partial charge >= 0.3 is 20.1 Å². The van der Waals surface area contributed by atoms with Gasteiger partial charge in [0.05, 0.1) is 16.7 Å². The monoisotopic (exact) mass is 718 g/mol. The third-order valence-corrected chi connectivity index (χ3v) is 7.68. The molecule has 0 radical (unpaired) electrons. The molecule has 42 heavy (non-hydrogen) atoms. The van der Waals surface area contributed by atoms with Crippen LogP contribution in [0.1, 0.15) is 0 Å². The minimum Gasteiger partial charge on any atom is -0.483 e. The molecular weight excluding hydrogens is 699 g/mol. The van der Waals surface area contributed by atoms with E-state index in [2.05, 4.69) is 56.7 Å². The molecule has 0 bridgehead atoms. The molecule has 0 unspecified atom stereocenters. The summed E-state index contributed by atoms with van der Waals surface area (Å²) in [5.41, 5.74) is 9.66. The second-order valence-corrected chi connectivity index (χ2v) is 9.99. The summed E-state index contributed by atoms with van der Waals surface area (Å²) in [6.45, 7) is 0. The Kier molecular flexibility index (Phi) is 5.61. The van der Waals surface area contributed by atoms with Gasteiger partial charge in [-0.15, -0.1) is 42.0 Å². The number of rotatable bonds is 2. The van der Waals surface area contributed by atoms with E-state index in [-0.39, 0.29) is 20.1 Å². The molecule has 0 amide bonds. The van der Waals surface area contributed by atoms with Gasteiger partial charge in [0, 0.05) is 22.6 Å². The first kappa shape index (κ1) is 24.7. The smallest absolute Gasteiger partial charge is 0.483 e. The van der Waals surface area contributed by atoms with Gasteiger partial charge < -0.3 is 18.2 Å². The number of aromatic nitrogens is 3. The number of fused-ring (bicyclic) bond motifs is 1. The fourth-order valence-corrected chi connectivity index (χ4v) is 5.95. The zero-order valence-electron chi connectivity index (χ0n) is 22.0. The Morgan fingerprint density at radius 3 is 2.10 bits per heavy atom. The number of hydrogen-bond acceptors (Lipinski definition) is 3. The number of benzene rings is 5. The van der Waals surface area contributed by atoms with Crippen LogP contribution in [0.2, 0.25) is 0 Å². The Bertz CT molecular complexity index is 2420. The quantitative estimate of drug-likeness (QED) is 0.134. The Hall–Kier alpha value is -5.03. The Labute approximate surface area is 253 Å². The zero-order chi connectivity index (χ0) is 26.9. The third-order valence-electron chi connectivity index (χ3n) is 7.68. The third kappa shape index (κ3) is 3.53. The summed E-state index contributed by atoms with van der Waals surface area (Å²) in [5, 5.41) is 4.36. The fourth-order valence-electron chi connectivity index (χ4n) is 5.95. The molecule has 0 aliphatic carbocycles. The largest absolute Gasteiger partial charge is 3.00 e. The zero-order valence-corrected chi connectivity index (χ0v) is 24.4. The molecule has 0 saturated heterocycles. The van der Waals surface area contributed by atoms with E-state index in [0.29, 0.717) is 0 Å². The molecule has 6 heteroatoms. The summed E-state index contributed by atoms with van der Waals surface area (Å²) in [7, 11) is 0. The van der Waals surface area contributed by atoms with Crippen LogP contribution in [0.15, 0.2) is 124 Å². The van der Waals surface area contributed by atoms with Crippen molar-refractivity contribution in [2.45, 2.75) is 0 Å². The van der Waals surface area contributed by atoms with Gasteiger partial charge in [-0.3, -0.25) is 4.57 Å². The van der Waals surface area contributed by atoms with E-state index < -0.39 is 0 Å². The average Bonchev–Trinajstić information content (AvgIpc) is 3.71. The predicted octanol–water partition coefficient (Wildman–Crippen LogP) is 8.19. The molecular formula is C36H19IrN3O2+. The molecule has 10 rings (SSSR count). The van der Waals surface area contributed by atoms with Crippen molar-refractivity contribution in [1.82, 2.24) is 9.38 Å². The van der Waals surface area contributed by atoms with Crippen LogP contribution in [0.3, 0.4) is 0 Å². The minimum atomic E-state index is 0. The molecule has 0 spiro atoms. The maximum Gasteiger partial charge on any atom is 3.00 e. The molecule has 0 fully saturated rings. The van der Waals surface area contributed by atoms with Crippen LogP contribution >= 0.6 is 0 Å².